The molecule has 0 aliphatic heterocycles. The number of thioether (sulfide) groups is 1. The first-order valence-electron chi connectivity index (χ1n) is 8.10. The average Bonchev–Trinajstić information content (AvgIpc) is 3.09. The zero-order chi connectivity index (χ0) is 19.4. The van der Waals surface area contributed by atoms with Crippen molar-refractivity contribution < 1.29 is 19.2 Å². The van der Waals surface area contributed by atoms with Crippen LogP contribution in [0.5, 0.6) is 0 Å². The highest BCUT2D eigenvalue weighted by atomic mass is 32.2. The molecule has 1 aromatic carbocycles. The Morgan fingerprint density at radius 3 is 2.63 bits per heavy atom. The number of H-pyrrole nitrogens is 1. The molecule has 27 heavy (non-hydrogen) atoms. The summed E-state index contributed by atoms with van der Waals surface area (Å²) < 4.78 is 0. The minimum absolute atomic E-state index is 0.0297. The highest BCUT2D eigenvalue weighted by Crippen LogP contribution is 2.29. The summed E-state index contributed by atoms with van der Waals surface area (Å²) in [5, 5.41) is 11.6. The number of amides is 2. The lowest BCUT2D eigenvalue weighted by Gasteiger charge is -2.12. The van der Waals surface area contributed by atoms with E-state index in [1.54, 1.807) is 24.3 Å². The number of Topliss-reactive ketones (excluding diaryl/α,β-unsaturated/α-hetero) is 1. The Balaban J connectivity index is 1.78. The Morgan fingerprint density at radius 1 is 1.19 bits per heavy atom. The van der Waals surface area contributed by atoms with Crippen molar-refractivity contribution in [3.63, 3.8) is 0 Å². The van der Waals surface area contributed by atoms with Gasteiger partial charge in [-0.25, -0.2) is 0 Å². The minimum atomic E-state index is -0.555. The summed E-state index contributed by atoms with van der Waals surface area (Å²) in [5.74, 6) is -1.19. The molecule has 1 aliphatic rings. The SMILES string of the molecule is CC(=O)NCCSC1=CC(=O)c2n[nH]c(C(=O)Nc3ccccc3)c2C1=O. The van der Waals surface area contributed by atoms with Gasteiger partial charge in [0.25, 0.3) is 5.91 Å². The highest BCUT2D eigenvalue weighted by Gasteiger charge is 2.33. The topological polar surface area (TPSA) is 121 Å². The van der Waals surface area contributed by atoms with Gasteiger partial charge in [0.05, 0.1) is 10.5 Å². The molecule has 0 atom stereocenters. The summed E-state index contributed by atoms with van der Waals surface area (Å²) in [7, 11) is 0. The number of carbonyl (C=O) groups is 4. The van der Waals surface area contributed by atoms with Crippen LogP contribution >= 0.6 is 11.8 Å². The van der Waals surface area contributed by atoms with Crippen LogP contribution in [0.3, 0.4) is 0 Å². The number of nitrogens with one attached hydrogen (secondary N) is 3. The van der Waals surface area contributed by atoms with Crippen LogP contribution in [0.15, 0.2) is 41.3 Å². The first-order valence-corrected chi connectivity index (χ1v) is 9.08. The van der Waals surface area contributed by atoms with E-state index in [4.69, 9.17) is 0 Å². The second-order valence-corrected chi connectivity index (χ2v) is 6.81. The van der Waals surface area contributed by atoms with Gasteiger partial charge in [0, 0.05) is 31.0 Å². The number of aromatic nitrogens is 2. The molecule has 9 heteroatoms. The molecule has 8 nitrogen and oxygen atoms in total. The number of fused-ring (bicyclic) bond motifs is 1. The normalized spacial score (nSPS) is 13.0. The number of hydrogen-bond acceptors (Lipinski definition) is 6. The van der Waals surface area contributed by atoms with E-state index in [0.717, 1.165) is 11.8 Å². The van der Waals surface area contributed by atoms with Crippen LogP contribution in [0.25, 0.3) is 0 Å². The number of para-hydroxylation sites is 1. The Kier molecular flexibility index (Phi) is 5.51. The third kappa shape index (κ3) is 4.14. The second kappa shape index (κ2) is 8.00. The van der Waals surface area contributed by atoms with Crippen LogP contribution in [0, 0.1) is 0 Å². The minimum Gasteiger partial charge on any atom is -0.356 e. The van der Waals surface area contributed by atoms with Crippen molar-refractivity contribution in [1.29, 1.82) is 0 Å². The molecule has 0 saturated carbocycles. The number of anilines is 1. The molecular formula is C18H16N4O4S. The molecule has 1 aliphatic carbocycles. The van der Waals surface area contributed by atoms with Gasteiger partial charge < -0.3 is 10.6 Å². The Hall–Kier alpha value is -3.20. The summed E-state index contributed by atoms with van der Waals surface area (Å²) in [6.07, 6.45) is 1.21. The van der Waals surface area contributed by atoms with Crippen molar-refractivity contribution in [1.82, 2.24) is 15.5 Å². The summed E-state index contributed by atoms with van der Waals surface area (Å²) >= 11 is 1.15. The number of aromatic amines is 1. The van der Waals surface area contributed by atoms with Gasteiger partial charge in [-0.3, -0.25) is 24.3 Å². The number of carbonyl (C=O) groups excluding carboxylic acids is 4. The predicted octanol–water partition coefficient (Wildman–Crippen LogP) is 1.79. The third-order valence-electron chi connectivity index (χ3n) is 3.71. The molecule has 138 valence electrons. The van der Waals surface area contributed by atoms with Crippen LogP contribution in [-0.4, -0.2) is 45.9 Å². The zero-order valence-electron chi connectivity index (χ0n) is 14.4. The Bertz CT molecular complexity index is 950. The lowest BCUT2D eigenvalue weighted by Crippen LogP contribution is -2.24. The summed E-state index contributed by atoms with van der Waals surface area (Å²) in [4.78, 5) is 48.6. The van der Waals surface area contributed by atoms with Crippen LogP contribution in [0.2, 0.25) is 0 Å². The fraction of sp³-hybridized carbons (Fsp3) is 0.167. The summed E-state index contributed by atoms with van der Waals surface area (Å²) in [6, 6.07) is 8.75. The zero-order valence-corrected chi connectivity index (χ0v) is 15.2. The number of hydrogen-bond donors (Lipinski definition) is 3. The maximum Gasteiger partial charge on any atom is 0.274 e. The average molecular weight is 384 g/mol. The maximum absolute atomic E-state index is 12.8. The van der Waals surface area contributed by atoms with Crippen molar-refractivity contribution in [3.8, 4) is 0 Å². The standard InChI is InChI=1S/C18H16N4O4S/c1-10(23)19-7-8-27-13-9-12(24)15-14(17(13)25)16(22-21-15)18(26)20-11-5-3-2-4-6-11/h2-6,9H,7-8H2,1H3,(H,19,23)(H,20,26)(H,21,22). The van der Waals surface area contributed by atoms with Crippen molar-refractivity contribution in [3.05, 3.63) is 58.3 Å². The van der Waals surface area contributed by atoms with Crippen molar-refractivity contribution in [2.75, 3.05) is 17.6 Å². The van der Waals surface area contributed by atoms with E-state index in [1.165, 1.54) is 13.0 Å². The summed E-state index contributed by atoms with van der Waals surface area (Å²) in [6.45, 7) is 1.76. The highest BCUT2D eigenvalue weighted by molar-refractivity contribution is 8.04. The third-order valence-corrected chi connectivity index (χ3v) is 4.73. The number of nitrogens with zero attached hydrogens (tertiary/aromatic N) is 1. The Labute approximate surface area is 158 Å². The molecular weight excluding hydrogens is 368 g/mol. The number of rotatable bonds is 6. The molecule has 3 rings (SSSR count). The lowest BCUT2D eigenvalue weighted by molar-refractivity contribution is -0.118. The van der Waals surface area contributed by atoms with Crippen LogP contribution in [-0.2, 0) is 4.79 Å². The largest absolute Gasteiger partial charge is 0.356 e. The quantitative estimate of drug-likeness (QED) is 0.653. The lowest BCUT2D eigenvalue weighted by atomic mass is 9.99. The van der Waals surface area contributed by atoms with Crippen LogP contribution in [0.4, 0.5) is 5.69 Å². The van der Waals surface area contributed by atoms with Gasteiger partial charge in [0.15, 0.2) is 0 Å². The molecule has 3 N–H and O–H groups in total. The molecule has 2 amide bonds. The molecule has 0 saturated heterocycles. The first kappa shape index (κ1) is 18.6. The molecule has 1 aromatic heterocycles. The Morgan fingerprint density at radius 2 is 1.93 bits per heavy atom. The van der Waals surface area contributed by atoms with Crippen LogP contribution < -0.4 is 10.6 Å². The molecule has 1 heterocycles. The predicted molar refractivity (Wildman–Crippen MR) is 101 cm³/mol. The van der Waals surface area contributed by atoms with Gasteiger partial charge >= 0.3 is 0 Å². The van der Waals surface area contributed by atoms with Gasteiger partial charge in [-0.05, 0) is 12.1 Å². The van der Waals surface area contributed by atoms with E-state index in [1.807, 2.05) is 6.07 Å². The van der Waals surface area contributed by atoms with E-state index in [-0.39, 0.29) is 27.8 Å². The van der Waals surface area contributed by atoms with E-state index in [9.17, 15) is 19.2 Å². The van der Waals surface area contributed by atoms with Crippen LogP contribution in [0.1, 0.15) is 38.3 Å². The van der Waals surface area contributed by atoms with Gasteiger partial charge in [-0.15, -0.1) is 11.8 Å². The molecule has 0 radical (unpaired) electrons. The van der Waals surface area contributed by atoms with Gasteiger partial charge in [-0.1, -0.05) is 18.2 Å². The van der Waals surface area contributed by atoms with Crippen molar-refractivity contribution >= 4 is 40.8 Å². The molecule has 0 bridgehead atoms. The fourth-order valence-electron chi connectivity index (χ4n) is 2.49. The van der Waals surface area contributed by atoms with E-state index in [0.29, 0.717) is 18.0 Å². The van der Waals surface area contributed by atoms with Gasteiger partial charge in [0.1, 0.15) is 11.4 Å². The number of ketones is 2. The van der Waals surface area contributed by atoms with Gasteiger partial charge in [0.2, 0.25) is 17.5 Å². The second-order valence-electron chi connectivity index (χ2n) is 5.68. The summed E-state index contributed by atoms with van der Waals surface area (Å²) in [5.41, 5.74) is 0.406. The first-order chi connectivity index (χ1) is 13.0. The van der Waals surface area contributed by atoms with Gasteiger partial charge in [-0.2, -0.15) is 5.10 Å². The number of benzene rings is 1. The van der Waals surface area contributed by atoms with E-state index >= 15 is 0 Å². The molecule has 0 spiro atoms. The van der Waals surface area contributed by atoms with Crippen molar-refractivity contribution in [2.24, 2.45) is 0 Å². The smallest absolute Gasteiger partial charge is 0.274 e. The van der Waals surface area contributed by atoms with E-state index in [2.05, 4.69) is 20.8 Å². The monoisotopic (exact) mass is 384 g/mol. The molecule has 0 fully saturated rings. The maximum atomic E-state index is 12.8. The van der Waals surface area contributed by atoms with E-state index < -0.39 is 17.5 Å². The number of allylic oxidation sites excluding steroid dienone is 2. The van der Waals surface area contributed by atoms with Crippen molar-refractivity contribution in [2.45, 2.75) is 6.92 Å². The molecule has 2 aromatic rings. The molecule has 0 unspecified atom stereocenters. The fourth-order valence-corrected chi connectivity index (χ4v) is 3.34.